The van der Waals surface area contributed by atoms with Crippen molar-refractivity contribution in [2.45, 2.75) is 10.2 Å². The van der Waals surface area contributed by atoms with Gasteiger partial charge in [0.25, 0.3) is 0 Å². The maximum Gasteiger partial charge on any atom is 0.0544 e. The van der Waals surface area contributed by atoms with Crippen molar-refractivity contribution in [3.8, 4) is 0 Å². The third-order valence-electron chi connectivity index (χ3n) is 1.37. The molecule has 0 N–H and O–H groups in total. The van der Waals surface area contributed by atoms with E-state index in [4.69, 9.17) is 11.6 Å². The summed E-state index contributed by atoms with van der Waals surface area (Å²) in [6.45, 7) is 0. The van der Waals surface area contributed by atoms with Crippen molar-refractivity contribution in [3.63, 3.8) is 0 Å². The van der Waals surface area contributed by atoms with Crippen LogP contribution in [-0.2, 0) is 5.33 Å². The first-order chi connectivity index (χ1) is 5.27. The minimum atomic E-state index is 0.842. The number of rotatable bonds is 2. The molecule has 0 unspecified atom stereocenters. The van der Waals surface area contributed by atoms with Crippen LogP contribution in [-0.4, -0.2) is 6.26 Å². The highest BCUT2D eigenvalue weighted by Gasteiger charge is 1.98. The summed E-state index contributed by atoms with van der Waals surface area (Å²) < 4.78 is 0. The Morgan fingerprint density at radius 2 is 2.27 bits per heavy atom. The Hall–Kier alpha value is 0.340. The second-order valence-electron chi connectivity index (χ2n) is 2.10. The van der Waals surface area contributed by atoms with E-state index < -0.39 is 0 Å². The van der Waals surface area contributed by atoms with Crippen LogP contribution in [0.2, 0.25) is 5.02 Å². The quantitative estimate of drug-likeness (QED) is 0.566. The predicted molar refractivity (Wildman–Crippen MR) is 55.9 cm³/mol. The van der Waals surface area contributed by atoms with Crippen LogP contribution in [0.4, 0.5) is 0 Å². The molecule has 0 saturated carbocycles. The van der Waals surface area contributed by atoms with Gasteiger partial charge in [0.05, 0.1) is 5.02 Å². The lowest BCUT2D eigenvalue weighted by molar-refractivity contribution is 1.36. The minimum absolute atomic E-state index is 0.842. The third-order valence-corrected chi connectivity index (χ3v) is 3.24. The molecule has 60 valence electrons. The van der Waals surface area contributed by atoms with E-state index in [2.05, 4.69) is 22.0 Å². The predicted octanol–water partition coefficient (Wildman–Crippen LogP) is 3.96. The average molecular weight is 252 g/mol. The van der Waals surface area contributed by atoms with Gasteiger partial charge in [-0.05, 0) is 24.0 Å². The topological polar surface area (TPSA) is 0 Å². The lowest BCUT2D eigenvalue weighted by Gasteiger charge is -2.01. The Morgan fingerprint density at radius 3 is 2.73 bits per heavy atom. The molecule has 0 nitrogen and oxygen atoms in total. The molecular weight excluding hydrogens is 244 g/mol. The molecule has 0 radical (unpaired) electrons. The molecular formula is C8H8BrClS. The van der Waals surface area contributed by atoms with E-state index in [0.717, 1.165) is 15.2 Å². The lowest BCUT2D eigenvalue weighted by atomic mass is 10.2. The van der Waals surface area contributed by atoms with Crippen LogP contribution in [0.1, 0.15) is 5.56 Å². The van der Waals surface area contributed by atoms with Crippen molar-refractivity contribution in [1.82, 2.24) is 0 Å². The molecule has 0 fully saturated rings. The van der Waals surface area contributed by atoms with Crippen molar-refractivity contribution in [1.29, 1.82) is 0 Å². The molecule has 0 aromatic heterocycles. The molecule has 0 aliphatic rings. The molecule has 0 amide bonds. The summed E-state index contributed by atoms with van der Waals surface area (Å²) in [5.74, 6) is 0. The maximum absolute atomic E-state index is 5.97. The van der Waals surface area contributed by atoms with E-state index >= 15 is 0 Å². The monoisotopic (exact) mass is 250 g/mol. The summed E-state index contributed by atoms with van der Waals surface area (Å²) in [6.07, 6.45) is 2.02. The highest BCUT2D eigenvalue weighted by molar-refractivity contribution is 9.08. The maximum atomic E-state index is 5.97. The smallest absolute Gasteiger partial charge is 0.0544 e. The van der Waals surface area contributed by atoms with E-state index in [0.29, 0.717) is 0 Å². The first-order valence-corrected chi connectivity index (χ1v) is 5.88. The van der Waals surface area contributed by atoms with E-state index in [1.54, 1.807) is 11.8 Å². The van der Waals surface area contributed by atoms with Gasteiger partial charge in [0, 0.05) is 10.2 Å². The Labute approximate surface area is 84.5 Å². The summed E-state index contributed by atoms with van der Waals surface area (Å²) in [7, 11) is 0. The fraction of sp³-hybridized carbons (Fsp3) is 0.250. The van der Waals surface area contributed by atoms with Gasteiger partial charge in [-0.15, -0.1) is 11.8 Å². The molecule has 1 rings (SSSR count). The summed E-state index contributed by atoms with van der Waals surface area (Å²) in [4.78, 5) is 1.14. The summed E-state index contributed by atoms with van der Waals surface area (Å²) in [5, 5.41) is 1.70. The number of hydrogen-bond donors (Lipinski definition) is 0. The van der Waals surface area contributed by atoms with Crippen LogP contribution in [0.25, 0.3) is 0 Å². The van der Waals surface area contributed by atoms with Crippen molar-refractivity contribution in [2.75, 3.05) is 6.26 Å². The molecule has 11 heavy (non-hydrogen) atoms. The SMILES string of the molecule is CSc1ccc(CBr)cc1Cl. The van der Waals surface area contributed by atoms with Gasteiger partial charge >= 0.3 is 0 Å². The molecule has 1 aromatic carbocycles. The highest BCUT2D eigenvalue weighted by Crippen LogP contribution is 2.26. The zero-order valence-electron chi connectivity index (χ0n) is 6.10. The number of thioether (sulfide) groups is 1. The Morgan fingerprint density at radius 1 is 1.55 bits per heavy atom. The largest absolute Gasteiger partial charge is 0.128 e. The molecule has 0 spiro atoms. The van der Waals surface area contributed by atoms with Crippen LogP contribution in [0, 0.1) is 0 Å². The van der Waals surface area contributed by atoms with E-state index in [1.165, 1.54) is 5.56 Å². The molecule has 3 heteroatoms. The van der Waals surface area contributed by atoms with Crippen LogP contribution in [0.15, 0.2) is 23.1 Å². The van der Waals surface area contributed by atoms with Crippen LogP contribution < -0.4 is 0 Å². The van der Waals surface area contributed by atoms with Gasteiger partial charge in [-0.2, -0.15) is 0 Å². The van der Waals surface area contributed by atoms with Gasteiger partial charge in [-0.3, -0.25) is 0 Å². The summed E-state index contributed by atoms with van der Waals surface area (Å²) >= 11 is 11.0. The average Bonchev–Trinajstić information content (AvgIpc) is 2.04. The second kappa shape index (κ2) is 4.39. The van der Waals surface area contributed by atoms with Gasteiger partial charge in [-0.25, -0.2) is 0 Å². The van der Waals surface area contributed by atoms with E-state index in [9.17, 15) is 0 Å². The molecule has 0 bridgehead atoms. The molecule has 0 saturated heterocycles. The van der Waals surface area contributed by atoms with Crippen LogP contribution >= 0.6 is 39.3 Å². The van der Waals surface area contributed by atoms with Crippen molar-refractivity contribution >= 4 is 39.3 Å². The van der Waals surface area contributed by atoms with Crippen LogP contribution in [0.3, 0.4) is 0 Å². The van der Waals surface area contributed by atoms with Crippen LogP contribution in [0.5, 0.6) is 0 Å². The Bertz CT molecular complexity index is 250. The number of halogens is 2. The number of hydrogen-bond acceptors (Lipinski definition) is 1. The second-order valence-corrected chi connectivity index (χ2v) is 3.92. The number of benzene rings is 1. The normalized spacial score (nSPS) is 10.1. The minimum Gasteiger partial charge on any atom is -0.128 e. The molecule has 0 aliphatic heterocycles. The molecule has 0 atom stereocenters. The van der Waals surface area contributed by atoms with Gasteiger partial charge in [-0.1, -0.05) is 33.6 Å². The number of alkyl halides is 1. The van der Waals surface area contributed by atoms with Crippen molar-refractivity contribution in [3.05, 3.63) is 28.8 Å². The first kappa shape index (κ1) is 9.43. The standard InChI is InChI=1S/C8H8BrClS/c1-11-8-3-2-6(5-9)4-7(8)10/h2-4H,5H2,1H3. The van der Waals surface area contributed by atoms with Crippen molar-refractivity contribution < 1.29 is 0 Å². The first-order valence-electron chi connectivity index (χ1n) is 3.16. The fourth-order valence-electron chi connectivity index (χ4n) is 0.793. The van der Waals surface area contributed by atoms with E-state index in [-0.39, 0.29) is 0 Å². The molecule has 0 heterocycles. The molecule has 1 aromatic rings. The molecule has 0 aliphatic carbocycles. The van der Waals surface area contributed by atoms with Gasteiger partial charge in [0.2, 0.25) is 0 Å². The zero-order valence-corrected chi connectivity index (χ0v) is 9.26. The van der Waals surface area contributed by atoms with Crippen molar-refractivity contribution in [2.24, 2.45) is 0 Å². The van der Waals surface area contributed by atoms with Gasteiger partial charge < -0.3 is 0 Å². The highest BCUT2D eigenvalue weighted by atomic mass is 79.9. The summed E-state index contributed by atoms with van der Waals surface area (Å²) in [6, 6.07) is 6.11. The Balaban J connectivity index is 2.99. The zero-order chi connectivity index (χ0) is 8.27. The Kier molecular flexibility index (Phi) is 3.76. The van der Waals surface area contributed by atoms with Gasteiger partial charge in [0.15, 0.2) is 0 Å². The third kappa shape index (κ3) is 2.39. The van der Waals surface area contributed by atoms with Gasteiger partial charge in [0.1, 0.15) is 0 Å². The van der Waals surface area contributed by atoms with E-state index in [1.807, 2.05) is 18.4 Å². The fourth-order valence-corrected chi connectivity index (χ4v) is 2.03. The lowest BCUT2D eigenvalue weighted by Crippen LogP contribution is -1.78. The summed E-state index contributed by atoms with van der Waals surface area (Å²) in [5.41, 5.74) is 1.22.